The summed E-state index contributed by atoms with van der Waals surface area (Å²) in [5.74, 6) is 2.21. The van der Waals surface area contributed by atoms with Gasteiger partial charge in [0.1, 0.15) is 0 Å². The second-order valence-corrected chi connectivity index (χ2v) is 5.20. The number of hydrogen-bond donors (Lipinski definition) is 1. The Hall–Kier alpha value is -2.89. The van der Waals surface area contributed by atoms with Crippen molar-refractivity contribution in [2.24, 2.45) is 0 Å². The maximum Gasteiger partial charge on any atom is 0.262 e. The van der Waals surface area contributed by atoms with E-state index in [-0.39, 0.29) is 19.3 Å². The molecule has 1 N–H and O–H groups in total. The van der Waals surface area contributed by atoms with Crippen LogP contribution in [-0.2, 0) is 4.79 Å². The summed E-state index contributed by atoms with van der Waals surface area (Å²) in [6.07, 6.45) is 0.902. The number of anilines is 1. The summed E-state index contributed by atoms with van der Waals surface area (Å²) >= 11 is 0. The van der Waals surface area contributed by atoms with E-state index in [1.54, 1.807) is 24.3 Å². The van der Waals surface area contributed by atoms with Crippen LogP contribution in [0.2, 0.25) is 0 Å². The van der Waals surface area contributed by atoms with Crippen molar-refractivity contribution in [2.45, 2.75) is 13.3 Å². The van der Waals surface area contributed by atoms with Gasteiger partial charge in [-0.25, -0.2) is 0 Å². The SMILES string of the molecule is CCCOc1ccccc1OCC(=O)Nc1ccc2c(c1)OCO2. The fourth-order valence-electron chi connectivity index (χ4n) is 2.22. The minimum Gasteiger partial charge on any atom is -0.490 e. The summed E-state index contributed by atoms with van der Waals surface area (Å²) < 4.78 is 21.7. The Kier molecular flexibility index (Phi) is 5.05. The molecule has 0 saturated carbocycles. The van der Waals surface area contributed by atoms with E-state index < -0.39 is 0 Å². The molecule has 0 aliphatic carbocycles. The van der Waals surface area contributed by atoms with Crippen LogP contribution in [0.3, 0.4) is 0 Å². The number of carbonyl (C=O) groups excluding carboxylic acids is 1. The van der Waals surface area contributed by atoms with Gasteiger partial charge in [-0.1, -0.05) is 19.1 Å². The molecule has 3 rings (SSSR count). The molecule has 1 aliphatic heterocycles. The fraction of sp³-hybridized carbons (Fsp3) is 0.278. The van der Waals surface area contributed by atoms with Crippen LogP contribution in [0.1, 0.15) is 13.3 Å². The lowest BCUT2D eigenvalue weighted by Crippen LogP contribution is -2.20. The van der Waals surface area contributed by atoms with Crippen LogP contribution >= 0.6 is 0 Å². The van der Waals surface area contributed by atoms with Crippen molar-refractivity contribution in [3.63, 3.8) is 0 Å². The Morgan fingerprint density at radius 1 is 1.08 bits per heavy atom. The number of hydrogen-bond acceptors (Lipinski definition) is 5. The monoisotopic (exact) mass is 329 g/mol. The lowest BCUT2D eigenvalue weighted by Gasteiger charge is -2.12. The van der Waals surface area contributed by atoms with E-state index >= 15 is 0 Å². The van der Waals surface area contributed by atoms with Crippen molar-refractivity contribution in [1.82, 2.24) is 0 Å². The Bertz CT molecular complexity index is 716. The molecule has 0 fully saturated rings. The summed E-state index contributed by atoms with van der Waals surface area (Å²) in [5, 5.41) is 2.76. The molecule has 126 valence electrons. The van der Waals surface area contributed by atoms with E-state index in [0.29, 0.717) is 35.3 Å². The Morgan fingerprint density at radius 2 is 1.83 bits per heavy atom. The molecular formula is C18H19NO5. The second-order valence-electron chi connectivity index (χ2n) is 5.20. The van der Waals surface area contributed by atoms with E-state index in [9.17, 15) is 4.79 Å². The molecule has 0 unspecified atom stereocenters. The van der Waals surface area contributed by atoms with Crippen molar-refractivity contribution in [2.75, 3.05) is 25.3 Å². The third-order valence-corrected chi connectivity index (χ3v) is 3.33. The van der Waals surface area contributed by atoms with E-state index in [1.807, 2.05) is 25.1 Å². The van der Waals surface area contributed by atoms with Crippen molar-refractivity contribution in [1.29, 1.82) is 0 Å². The van der Waals surface area contributed by atoms with Crippen molar-refractivity contribution >= 4 is 11.6 Å². The Morgan fingerprint density at radius 3 is 2.62 bits per heavy atom. The zero-order valence-corrected chi connectivity index (χ0v) is 13.4. The Balaban J connectivity index is 1.56. The highest BCUT2D eigenvalue weighted by Gasteiger charge is 2.14. The molecule has 0 radical (unpaired) electrons. The lowest BCUT2D eigenvalue weighted by atomic mass is 10.3. The van der Waals surface area contributed by atoms with Crippen molar-refractivity contribution in [3.8, 4) is 23.0 Å². The molecule has 0 aromatic heterocycles. The molecule has 24 heavy (non-hydrogen) atoms. The maximum absolute atomic E-state index is 12.1. The number of ether oxygens (including phenoxy) is 4. The molecule has 1 heterocycles. The van der Waals surface area contributed by atoms with Gasteiger partial charge in [0.15, 0.2) is 29.6 Å². The molecule has 2 aromatic carbocycles. The van der Waals surface area contributed by atoms with E-state index in [1.165, 1.54) is 0 Å². The van der Waals surface area contributed by atoms with Gasteiger partial charge in [-0.3, -0.25) is 4.79 Å². The normalized spacial score (nSPS) is 11.9. The maximum atomic E-state index is 12.1. The first kappa shape index (κ1) is 16.0. The second kappa shape index (κ2) is 7.59. The van der Waals surface area contributed by atoms with Gasteiger partial charge in [0, 0.05) is 11.8 Å². The van der Waals surface area contributed by atoms with Gasteiger partial charge >= 0.3 is 0 Å². The molecule has 0 atom stereocenters. The van der Waals surface area contributed by atoms with Crippen molar-refractivity contribution in [3.05, 3.63) is 42.5 Å². The van der Waals surface area contributed by atoms with E-state index in [4.69, 9.17) is 18.9 Å². The average Bonchev–Trinajstić information content (AvgIpc) is 3.06. The van der Waals surface area contributed by atoms with Crippen LogP contribution < -0.4 is 24.3 Å². The van der Waals surface area contributed by atoms with Gasteiger partial charge in [-0.05, 0) is 30.7 Å². The van der Waals surface area contributed by atoms with Gasteiger partial charge < -0.3 is 24.3 Å². The van der Waals surface area contributed by atoms with Crippen LogP contribution in [0.25, 0.3) is 0 Å². The van der Waals surface area contributed by atoms with E-state index in [2.05, 4.69) is 5.32 Å². The van der Waals surface area contributed by atoms with Gasteiger partial charge in [0.05, 0.1) is 6.61 Å². The molecular weight excluding hydrogens is 310 g/mol. The molecule has 0 saturated heterocycles. The number of para-hydroxylation sites is 2. The van der Waals surface area contributed by atoms with Crippen LogP contribution in [0.5, 0.6) is 23.0 Å². The molecule has 2 aromatic rings. The highest BCUT2D eigenvalue weighted by atomic mass is 16.7. The van der Waals surface area contributed by atoms with Crippen molar-refractivity contribution < 1.29 is 23.7 Å². The lowest BCUT2D eigenvalue weighted by molar-refractivity contribution is -0.118. The molecule has 1 aliphatic rings. The smallest absolute Gasteiger partial charge is 0.262 e. The van der Waals surface area contributed by atoms with Gasteiger partial charge in [0.2, 0.25) is 6.79 Å². The third-order valence-electron chi connectivity index (χ3n) is 3.33. The fourth-order valence-corrected chi connectivity index (χ4v) is 2.22. The first-order valence-corrected chi connectivity index (χ1v) is 7.80. The predicted octanol–water partition coefficient (Wildman–Crippen LogP) is 3.22. The highest BCUT2D eigenvalue weighted by Crippen LogP contribution is 2.34. The summed E-state index contributed by atoms with van der Waals surface area (Å²) in [6.45, 7) is 2.72. The minimum atomic E-state index is -0.265. The van der Waals surface area contributed by atoms with Gasteiger partial charge in [-0.2, -0.15) is 0 Å². The molecule has 1 amide bonds. The van der Waals surface area contributed by atoms with Crippen LogP contribution in [0, 0.1) is 0 Å². The van der Waals surface area contributed by atoms with Gasteiger partial charge in [0.25, 0.3) is 5.91 Å². The summed E-state index contributed by atoms with van der Waals surface area (Å²) in [6, 6.07) is 12.5. The quantitative estimate of drug-likeness (QED) is 0.845. The van der Waals surface area contributed by atoms with Crippen LogP contribution in [-0.4, -0.2) is 25.9 Å². The number of amides is 1. The zero-order valence-electron chi connectivity index (χ0n) is 13.4. The number of rotatable bonds is 7. The standard InChI is InChI=1S/C18H19NO5/c1-2-9-21-14-5-3-4-6-15(14)22-11-18(20)19-13-7-8-16-17(10-13)24-12-23-16/h3-8,10H,2,9,11-12H2,1H3,(H,19,20). The summed E-state index contributed by atoms with van der Waals surface area (Å²) in [5.41, 5.74) is 0.628. The molecule has 6 nitrogen and oxygen atoms in total. The predicted molar refractivity (Wildman–Crippen MR) is 88.9 cm³/mol. The van der Waals surface area contributed by atoms with Gasteiger partial charge in [-0.15, -0.1) is 0 Å². The summed E-state index contributed by atoms with van der Waals surface area (Å²) in [7, 11) is 0. The molecule has 0 bridgehead atoms. The molecule has 0 spiro atoms. The highest BCUT2D eigenvalue weighted by molar-refractivity contribution is 5.92. The first-order chi connectivity index (χ1) is 11.8. The minimum absolute atomic E-state index is 0.110. The molecule has 6 heteroatoms. The van der Waals surface area contributed by atoms with Crippen LogP contribution in [0.15, 0.2) is 42.5 Å². The topological polar surface area (TPSA) is 66.0 Å². The largest absolute Gasteiger partial charge is 0.490 e. The van der Waals surface area contributed by atoms with Crippen LogP contribution in [0.4, 0.5) is 5.69 Å². The summed E-state index contributed by atoms with van der Waals surface area (Å²) in [4.78, 5) is 12.1. The zero-order chi connectivity index (χ0) is 16.8. The van der Waals surface area contributed by atoms with E-state index in [0.717, 1.165) is 6.42 Å². The number of benzene rings is 2. The number of nitrogens with one attached hydrogen (secondary N) is 1. The third kappa shape index (κ3) is 3.90. The number of fused-ring (bicyclic) bond motifs is 1. The Labute approximate surface area is 140 Å². The number of carbonyl (C=O) groups is 1. The first-order valence-electron chi connectivity index (χ1n) is 7.80. The average molecular weight is 329 g/mol.